The van der Waals surface area contributed by atoms with Crippen LogP contribution in [0.5, 0.6) is 0 Å². The number of aromatic nitrogens is 2. The molecule has 1 fully saturated rings. The predicted molar refractivity (Wildman–Crippen MR) is 133 cm³/mol. The maximum absolute atomic E-state index is 13.8. The first-order chi connectivity index (χ1) is 17.5. The molecule has 184 valence electrons. The average molecular weight is 490 g/mol. The molecule has 0 atom stereocenters. The number of hydrogen-bond donors (Lipinski definition) is 2. The van der Waals surface area contributed by atoms with Crippen molar-refractivity contribution in [1.29, 1.82) is 0 Å². The third-order valence-electron chi connectivity index (χ3n) is 6.40. The summed E-state index contributed by atoms with van der Waals surface area (Å²) in [4.78, 5) is 35.0. The van der Waals surface area contributed by atoms with Crippen LogP contribution in [0.15, 0.2) is 59.3 Å². The summed E-state index contributed by atoms with van der Waals surface area (Å²) >= 11 is 0. The lowest BCUT2D eigenvalue weighted by molar-refractivity contribution is -0.107. The summed E-state index contributed by atoms with van der Waals surface area (Å²) in [6, 6.07) is 12.8. The van der Waals surface area contributed by atoms with Gasteiger partial charge in [-0.05, 0) is 67.9 Å². The van der Waals surface area contributed by atoms with Gasteiger partial charge in [-0.1, -0.05) is 12.1 Å². The Hall–Kier alpha value is -4.31. The lowest BCUT2D eigenvalue weighted by Gasteiger charge is -2.32. The lowest BCUT2D eigenvalue weighted by Crippen LogP contribution is -2.46. The minimum absolute atomic E-state index is 0.226. The van der Waals surface area contributed by atoms with Gasteiger partial charge >= 0.3 is 6.09 Å². The zero-order valence-corrected chi connectivity index (χ0v) is 19.5. The SMILES string of the molecule is CN(C=O)c1ccc(-c2oc3ncnc(N(C(=O)O)C4CCNCC4)c3c2-c2ccc(F)cc2)cc1. The van der Waals surface area contributed by atoms with E-state index in [9.17, 15) is 19.1 Å². The molecule has 2 aromatic heterocycles. The molecule has 2 N–H and O–H groups in total. The molecule has 1 aliphatic rings. The van der Waals surface area contributed by atoms with Crippen molar-refractivity contribution in [3.05, 3.63) is 60.7 Å². The smallest absolute Gasteiger partial charge is 0.413 e. The van der Waals surface area contributed by atoms with Crippen LogP contribution in [0.25, 0.3) is 33.6 Å². The van der Waals surface area contributed by atoms with Crippen LogP contribution in [0.4, 0.5) is 20.7 Å². The van der Waals surface area contributed by atoms with Crippen LogP contribution in [0.1, 0.15) is 12.8 Å². The maximum Gasteiger partial charge on any atom is 0.413 e. The van der Waals surface area contributed by atoms with E-state index in [1.165, 1.54) is 28.3 Å². The summed E-state index contributed by atoms with van der Waals surface area (Å²) in [5, 5.41) is 13.9. The normalized spacial score (nSPS) is 14.1. The number of carbonyl (C=O) groups is 2. The second kappa shape index (κ2) is 9.74. The predicted octanol–water partition coefficient (Wildman–Crippen LogP) is 4.52. The Labute approximate surface area is 206 Å². The van der Waals surface area contributed by atoms with Gasteiger partial charge in [-0.25, -0.2) is 19.2 Å². The summed E-state index contributed by atoms with van der Waals surface area (Å²) in [7, 11) is 1.65. The van der Waals surface area contributed by atoms with E-state index in [1.807, 2.05) is 0 Å². The van der Waals surface area contributed by atoms with E-state index in [-0.39, 0.29) is 17.6 Å². The number of anilines is 2. The Morgan fingerprint density at radius 1 is 1.08 bits per heavy atom. The Kier molecular flexibility index (Phi) is 6.34. The zero-order valence-electron chi connectivity index (χ0n) is 19.5. The van der Waals surface area contributed by atoms with Gasteiger partial charge in [0.15, 0.2) is 5.82 Å². The molecule has 5 rings (SSSR count). The van der Waals surface area contributed by atoms with Crippen molar-refractivity contribution in [2.24, 2.45) is 0 Å². The first-order valence-electron chi connectivity index (χ1n) is 11.5. The number of nitrogens with zero attached hydrogens (tertiary/aromatic N) is 4. The Bertz CT molecular complexity index is 1400. The van der Waals surface area contributed by atoms with Crippen LogP contribution in [-0.2, 0) is 4.79 Å². The van der Waals surface area contributed by atoms with E-state index in [1.54, 1.807) is 43.4 Å². The van der Waals surface area contributed by atoms with Crippen molar-refractivity contribution in [2.45, 2.75) is 18.9 Å². The molecule has 10 heteroatoms. The third-order valence-corrected chi connectivity index (χ3v) is 6.40. The van der Waals surface area contributed by atoms with E-state index in [0.717, 1.165) is 0 Å². The summed E-state index contributed by atoms with van der Waals surface area (Å²) in [5.74, 6) is 0.271. The van der Waals surface area contributed by atoms with Crippen molar-refractivity contribution < 1.29 is 23.5 Å². The van der Waals surface area contributed by atoms with Gasteiger partial charge in [-0.2, -0.15) is 0 Å². The van der Waals surface area contributed by atoms with Crippen LogP contribution >= 0.6 is 0 Å². The molecule has 36 heavy (non-hydrogen) atoms. The lowest BCUT2D eigenvalue weighted by atomic mass is 9.98. The number of halogens is 1. The maximum atomic E-state index is 13.8. The van der Waals surface area contributed by atoms with Crippen molar-refractivity contribution in [3.63, 3.8) is 0 Å². The monoisotopic (exact) mass is 489 g/mol. The molecule has 0 unspecified atom stereocenters. The number of furan rings is 1. The summed E-state index contributed by atoms with van der Waals surface area (Å²) < 4.78 is 20.0. The molecule has 4 aromatic rings. The number of hydrogen-bond acceptors (Lipinski definition) is 6. The van der Waals surface area contributed by atoms with Gasteiger partial charge in [0.05, 0.1) is 5.39 Å². The fourth-order valence-corrected chi connectivity index (χ4v) is 4.59. The quantitative estimate of drug-likeness (QED) is 0.383. The average Bonchev–Trinajstić information content (AvgIpc) is 3.30. The molecule has 1 saturated heterocycles. The van der Waals surface area contributed by atoms with E-state index in [2.05, 4.69) is 15.3 Å². The fraction of sp³-hybridized carbons (Fsp3) is 0.231. The first-order valence-corrected chi connectivity index (χ1v) is 11.5. The van der Waals surface area contributed by atoms with E-state index >= 15 is 0 Å². The molecule has 9 nitrogen and oxygen atoms in total. The molecular weight excluding hydrogens is 465 g/mol. The van der Waals surface area contributed by atoms with Crippen LogP contribution in [-0.4, -0.2) is 53.8 Å². The van der Waals surface area contributed by atoms with Crippen LogP contribution in [0, 0.1) is 5.82 Å². The Morgan fingerprint density at radius 3 is 2.39 bits per heavy atom. The molecule has 0 spiro atoms. The van der Waals surface area contributed by atoms with E-state index in [4.69, 9.17) is 4.42 Å². The van der Waals surface area contributed by atoms with Gasteiger partial charge in [0.2, 0.25) is 12.1 Å². The van der Waals surface area contributed by atoms with Crippen molar-refractivity contribution in [3.8, 4) is 22.5 Å². The van der Waals surface area contributed by atoms with Gasteiger partial charge < -0.3 is 19.7 Å². The molecule has 0 radical (unpaired) electrons. The van der Waals surface area contributed by atoms with Crippen molar-refractivity contribution in [1.82, 2.24) is 15.3 Å². The standard InChI is InChI=1S/C26H24FN5O4/c1-31(15-33)19-8-4-17(5-9-19)23-21(16-2-6-18(27)7-3-16)22-24(29-14-30-25(22)36-23)32(26(34)35)20-10-12-28-13-11-20/h2-9,14-15,20,28H,10-13H2,1H3,(H,34,35). The fourth-order valence-electron chi connectivity index (χ4n) is 4.59. The number of amides is 2. The van der Waals surface area contributed by atoms with Crippen LogP contribution in [0.3, 0.4) is 0 Å². The number of piperidine rings is 1. The van der Waals surface area contributed by atoms with E-state index < -0.39 is 11.9 Å². The molecule has 0 saturated carbocycles. The number of benzene rings is 2. The van der Waals surface area contributed by atoms with Crippen molar-refractivity contribution in [2.75, 3.05) is 29.9 Å². The van der Waals surface area contributed by atoms with Gasteiger partial charge in [0.1, 0.15) is 17.9 Å². The topological polar surface area (TPSA) is 112 Å². The summed E-state index contributed by atoms with van der Waals surface area (Å²) in [5.41, 5.74) is 2.80. The number of carboxylic acid groups (broad SMARTS) is 1. The summed E-state index contributed by atoms with van der Waals surface area (Å²) in [6.45, 7) is 1.40. The minimum atomic E-state index is -1.11. The minimum Gasteiger partial charge on any atom is -0.465 e. The van der Waals surface area contributed by atoms with Gasteiger partial charge in [-0.15, -0.1) is 0 Å². The second-order valence-corrected chi connectivity index (χ2v) is 8.59. The molecule has 2 amide bonds. The van der Waals surface area contributed by atoms with Gasteiger partial charge in [0, 0.05) is 29.9 Å². The highest BCUT2D eigenvalue weighted by Crippen LogP contribution is 2.44. The van der Waals surface area contributed by atoms with Crippen molar-refractivity contribution >= 4 is 35.1 Å². The highest BCUT2D eigenvalue weighted by molar-refractivity contribution is 6.09. The number of fused-ring (bicyclic) bond motifs is 1. The van der Waals surface area contributed by atoms with Gasteiger partial charge in [-0.3, -0.25) is 9.69 Å². The Morgan fingerprint density at radius 2 is 1.75 bits per heavy atom. The number of nitrogens with one attached hydrogen (secondary N) is 1. The molecule has 3 heterocycles. The first kappa shape index (κ1) is 23.4. The highest BCUT2D eigenvalue weighted by Gasteiger charge is 2.32. The molecule has 2 aromatic carbocycles. The second-order valence-electron chi connectivity index (χ2n) is 8.59. The molecular formula is C26H24FN5O4. The largest absolute Gasteiger partial charge is 0.465 e. The number of carbonyl (C=O) groups excluding carboxylic acids is 1. The molecule has 0 bridgehead atoms. The highest BCUT2D eigenvalue weighted by atomic mass is 19.1. The van der Waals surface area contributed by atoms with E-state index in [0.29, 0.717) is 65.9 Å². The summed E-state index contributed by atoms with van der Waals surface area (Å²) in [6.07, 6.45) is 2.16. The Balaban J connectivity index is 1.75. The number of rotatable bonds is 6. The van der Waals surface area contributed by atoms with Gasteiger partial charge in [0.25, 0.3) is 0 Å². The molecule has 0 aliphatic carbocycles. The van der Waals surface area contributed by atoms with Crippen LogP contribution in [0.2, 0.25) is 0 Å². The zero-order chi connectivity index (χ0) is 25.2. The molecule has 1 aliphatic heterocycles. The van der Waals surface area contributed by atoms with Crippen LogP contribution < -0.4 is 15.1 Å². The third kappa shape index (κ3) is 4.27.